The molecule has 3 nitrogen and oxygen atoms in total. The van der Waals surface area contributed by atoms with E-state index >= 15 is 0 Å². The molecule has 21 heavy (non-hydrogen) atoms. The zero-order valence-electron chi connectivity index (χ0n) is 12.4. The highest BCUT2D eigenvalue weighted by molar-refractivity contribution is 9.10. The number of halogens is 1. The summed E-state index contributed by atoms with van der Waals surface area (Å²) in [5.74, 6) is 0.717. The van der Waals surface area contributed by atoms with Crippen LogP contribution in [0.2, 0.25) is 0 Å². The van der Waals surface area contributed by atoms with Crippen LogP contribution in [0.1, 0.15) is 42.0 Å². The van der Waals surface area contributed by atoms with Crippen LogP contribution in [-0.2, 0) is 6.42 Å². The Morgan fingerprint density at radius 1 is 1.33 bits per heavy atom. The lowest BCUT2D eigenvalue weighted by atomic mass is 9.76. The molecule has 0 spiro atoms. The molecule has 1 aliphatic rings. The maximum atomic E-state index is 4.06. The maximum absolute atomic E-state index is 4.06. The van der Waals surface area contributed by atoms with Crippen LogP contribution in [0.5, 0.6) is 0 Å². The second-order valence-electron chi connectivity index (χ2n) is 5.96. The summed E-state index contributed by atoms with van der Waals surface area (Å²) in [4.78, 5) is 0. The van der Waals surface area contributed by atoms with E-state index in [9.17, 15) is 0 Å². The Labute approximate surface area is 134 Å². The van der Waals surface area contributed by atoms with Gasteiger partial charge in [-0.1, -0.05) is 34.1 Å². The number of rotatable bonds is 6. The Kier molecular flexibility index (Phi) is 4.76. The first-order valence-electron chi connectivity index (χ1n) is 7.70. The molecule has 1 saturated carbocycles. The van der Waals surface area contributed by atoms with Gasteiger partial charge in [-0.15, -0.1) is 0 Å². The molecule has 1 fully saturated rings. The second kappa shape index (κ2) is 6.75. The van der Waals surface area contributed by atoms with Gasteiger partial charge in [0.15, 0.2) is 0 Å². The summed E-state index contributed by atoms with van der Waals surface area (Å²) in [6, 6.07) is 9.29. The Bertz CT molecular complexity index is 587. The van der Waals surface area contributed by atoms with Gasteiger partial charge in [-0.05, 0) is 62.3 Å². The van der Waals surface area contributed by atoms with Crippen LogP contribution in [0.3, 0.4) is 0 Å². The number of aryl methyl sites for hydroxylation is 2. The summed E-state index contributed by atoms with van der Waals surface area (Å²) in [5, 5.41) is 10.7. The van der Waals surface area contributed by atoms with Crippen molar-refractivity contribution in [2.45, 2.75) is 44.6 Å². The van der Waals surface area contributed by atoms with Crippen LogP contribution in [0.15, 0.2) is 34.9 Å². The predicted octanol–water partition coefficient (Wildman–Crippen LogP) is 3.95. The summed E-state index contributed by atoms with van der Waals surface area (Å²) < 4.78 is 1.25. The predicted molar refractivity (Wildman–Crippen MR) is 89.6 cm³/mol. The summed E-state index contributed by atoms with van der Waals surface area (Å²) in [7, 11) is 0. The summed E-state index contributed by atoms with van der Waals surface area (Å²) in [6.07, 6.45) is 6.74. The van der Waals surface area contributed by atoms with Crippen molar-refractivity contribution in [2.24, 2.45) is 0 Å². The van der Waals surface area contributed by atoms with E-state index in [4.69, 9.17) is 0 Å². The van der Waals surface area contributed by atoms with Gasteiger partial charge in [0.2, 0.25) is 0 Å². The van der Waals surface area contributed by atoms with Gasteiger partial charge in [-0.25, -0.2) is 0 Å². The van der Waals surface area contributed by atoms with Gasteiger partial charge in [0.05, 0.1) is 6.20 Å². The molecule has 1 aromatic carbocycles. The Hall–Kier alpha value is -1.13. The zero-order chi connectivity index (χ0) is 14.7. The molecule has 0 aliphatic heterocycles. The molecule has 0 atom stereocenters. The number of hydrogen-bond donors (Lipinski definition) is 2. The molecule has 3 rings (SSSR count). The van der Waals surface area contributed by atoms with Crippen LogP contribution in [0, 0.1) is 6.92 Å². The minimum absolute atomic E-state index is 0.688. The number of H-pyrrole nitrogens is 1. The third-order valence-corrected chi connectivity index (χ3v) is 5.20. The number of aromatic nitrogens is 2. The van der Waals surface area contributed by atoms with Crippen molar-refractivity contribution in [3.05, 3.63) is 51.8 Å². The van der Waals surface area contributed by atoms with Crippen molar-refractivity contribution < 1.29 is 0 Å². The fourth-order valence-corrected chi connectivity index (χ4v) is 3.67. The lowest BCUT2D eigenvalue weighted by Crippen LogP contribution is -2.40. The van der Waals surface area contributed by atoms with Crippen molar-refractivity contribution in [2.75, 3.05) is 6.54 Å². The largest absolute Gasteiger partial charge is 0.314 e. The van der Waals surface area contributed by atoms with E-state index in [0.717, 1.165) is 13.0 Å². The summed E-state index contributed by atoms with van der Waals surface area (Å²) >= 11 is 3.65. The molecule has 2 N–H and O–H groups in total. The van der Waals surface area contributed by atoms with E-state index in [1.807, 2.05) is 6.20 Å². The topological polar surface area (TPSA) is 40.7 Å². The highest BCUT2D eigenvalue weighted by atomic mass is 79.9. The SMILES string of the molecule is Cc1[nH]ncc1CCCNC1CC(c2ccccc2Br)C1. The van der Waals surface area contributed by atoms with E-state index < -0.39 is 0 Å². The van der Waals surface area contributed by atoms with Crippen LogP contribution in [0.25, 0.3) is 0 Å². The molecular weight excluding hydrogens is 326 g/mol. The highest BCUT2D eigenvalue weighted by Gasteiger charge is 2.30. The average Bonchev–Trinajstić information content (AvgIpc) is 2.83. The van der Waals surface area contributed by atoms with Gasteiger partial charge >= 0.3 is 0 Å². The lowest BCUT2D eigenvalue weighted by Gasteiger charge is -2.37. The van der Waals surface area contributed by atoms with Gasteiger partial charge in [0.25, 0.3) is 0 Å². The third-order valence-electron chi connectivity index (χ3n) is 4.47. The fourth-order valence-electron chi connectivity index (χ4n) is 3.06. The normalized spacial score (nSPS) is 21.2. The molecule has 0 saturated heterocycles. The number of benzene rings is 1. The van der Waals surface area contributed by atoms with Gasteiger partial charge in [0.1, 0.15) is 0 Å². The van der Waals surface area contributed by atoms with Crippen molar-refractivity contribution in [3.8, 4) is 0 Å². The smallest absolute Gasteiger partial charge is 0.0522 e. The van der Waals surface area contributed by atoms with E-state index in [1.165, 1.54) is 40.6 Å². The molecule has 0 amide bonds. The van der Waals surface area contributed by atoms with E-state index in [1.54, 1.807) is 0 Å². The number of nitrogens with zero attached hydrogens (tertiary/aromatic N) is 1. The molecule has 1 heterocycles. The van der Waals surface area contributed by atoms with Crippen LogP contribution >= 0.6 is 15.9 Å². The highest BCUT2D eigenvalue weighted by Crippen LogP contribution is 2.39. The quantitative estimate of drug-likeness (QED) is 0.776. The van der Waals surface area contributed by atoms with Crippen molar-refractivity contribution in [1.82, 2.24) is 15.5 Å². The first-order chi connectivity index (χ1) is 10.2. The first-order valence-corrected chi connectivity index (χ1v) is 8.50. The van der Waals surface area contributed by atoms with Crippen molar-refractivity contribution in [3.63, 3.8) is 0 Å². The van der Waals surface area contributed by atoms with Gasteiger partial charge in [0, 0.05) is 16.2 Å². The molecule has 1 aromatic heterocycles. The first kappa shape index (κ1) is 14.8. The van der Waals surface area contributed by atoms with E-state index in [-0.39, 0.29) is 0 Å². The molecule has 112 valence electrons. The van der Waals surface area contributed by atoms with Gasteiger partial charge in [-0.2, -0.15) is 5.10 Å². The van der Waals surface area contributed by atoms with Crippen molar-refractivity contribution in [1.29, 1.82) is 0 Å². The summed E-state index contributed by atoms with van der Waals surface area (Å²) in [6.45, 7) is 3.18. The zero-order valence-corrected chi connectivity index (χ0v) is 14.0. The number of hydrogen-bond acceptors (Lipinski definition) is 2. The molecule has 0 unspecified atom stereocenters. The lowest BCUT2D eigenvalue weighted by molar-refractivity contribution is 0.290. The monoisotopic (exact) mass is 347 g/mol. The van der Waals surface area contributed by atoms with Crippen LogP contribution < -0.4 is 5.32 Å². The number of nitrogens with one attached hydrogen (secondary N) is 2. The molecule has 4 heteroatoms. The Morgan fingerprint density at radius 3 is 2.86 bits per heavy atom. The molecule has 2 aromatic rings. The molecule has 0 bridgehead atoms. The minimum atomic E-state index is 0.688. The van der Waals surface area contributed by atoms with Gasteiger partial charge < -0.3 is 5.32 Å². The molecular formula is C17H22BrN3. The molecule has 0 radical (unpaired) electrons. The standard InChI is InChI=1S/C17H22BrN3/c1-12-13(11-20-21-12)5-4-8-19-15-9-14(10-15)16-6-2-3-7-17(16)18/h2-3,6-7,11,14-15,19H,4-5,8-10H2,1H3,(H,20,21). The summed E-state index contributed by atoms with van der Waals surface area (Å²) in [5.41, 5.74) is 4.01. The van der Waals surface area contributed by atoms with E-state index in [2.05, 4.69) is 62.6 Å². The maximum Gasteiger partial charge on any atom is 0.0522 e. The number of aromatic amines is 1. The van der Waals surface area contributed by atoms with Crippen molar-refractivity contribution >= 4 is 15.9 Å². The van der Waals surface area contributed by atoms with Gasteiger partial charge in [-0.3, -0.25) is 5.10 Å². The van der Waals surface area contributed by atoms with E-state index in [0.29, 0.717) is 12.0 Å². The minimum Gasteiger partial charge on any atom is -0.314 e. The molecule has 1 aliphatic carbocycles. The van der Waals surface area contributed by atoms with Crippen LogP contribution in [-0.4, -0.2) is 22.8 Å². The average molecular weight is 348 g/mol. The van der Waals surface area contributed by atoms with Crippen LogP contribution in [0.4, 0.5) is 0 Å². The second-order valence-corrected chi connectivity index (χ2v) is 6.82. The Balaban J connectivity index is 1.36. The fraction of sp³-hybridized carbons (Fsp3) is 0.471. The Morgan fingerprint density at radius 2 is 2.14 bits per heavy atom. The third kappa shape index (κ3) is 3.55.